The minimum Gasteiger partial charge on any atom is -0.506 e. The molecule has 3 aromatic rings. The second-order valence-electron chi connectivity index (χ2n) is 10.2. The predicted octanol–water partition coefficient (Wildman–Crippen LogP) is 8.64. The molecule has 7 heteroatoms. The van der Waals surface area contributed by atoms with Gasteiger partial charge in [0.2, 0.25) is 0 Å². The molecule has 0 saturated carbocycles. The van der Waals surface area contributed by atoms with Crippen molar-refractivity contribution < 1.29 is 23.8 Å². The van der Waals surface area contributed by atoms with Gasteiger partial charge in [-0.15, -0.1) is 0 Å². The van der Waals surface area contributed by atoms with E-state index in [-0.39, 0.29) is 28.6 Å². The van der Waals surface area contributed by atoms with Crippen LogP contribution in [0.5, 0.6) is 17.2 Å². The Balaban J connectivity index is 1.55. The van der Waals surface area contributed by atoms with E-state index in [0.717, 1.165) is 31.4 Å². The zero-order valence-corrected chi connectivity index (χ0v) is 24.0. The lowest BCUT2D eigenvalue weighted by atomic mass is 10.1. The molecule has 0 aliphatic rings. The molecule has 1 N–H and O–H groups in total. The normalized spacial score (nSPS) is 11.3. The van der Waals surface area contributed by atoms with Crippen molar-refractivity contribution in [2.75, 3.05) is 6.61 Å². The first-order valence-electron chi connectivity index (χ1n) is 14.8. The van der Waals surface area contributed by atoms with Crippen LogP contribution in [0.2, 0.25) is 0 Å². The molecular weight excluding hydrogens is 506 g/mol. The number of benzene rings is 2. The van der Waals surface area contributed by atoms with Crippen LogP contribution in [0.15, 0.2) is 56.7 Å². The summed E-state index contributed by atoms with van der Waals surface area (Å²) < 4.78 is 16.6. The van der Waals surface area contributed by atoms with Crippen LogP contribution in [0, 0.1) is 0 Å². The Morgan fingerprint density at radius 3 is 2.17 bits per heavy atom. The van der Waals surface area contributed by atoms with E-state index < -0.39 is 5.63 Å². The van der Waals surface area contributed by atoms with Crippen LogP contribution in [0.1, 0.15) is 103 Å². The lowest BCUT2D eigenvalue weighted by molar-refractivity contribution is -0.134. The van der Waals surface area contributed by atoms with Gasteiger partial charge in [0.05, 0.1) is 17.7 Å². The summed E-state index contributed by atoms with van der Waals surface area (Å²) in [7, 11) is 0. The molecule has 1 aromatic heterocycles. The molecular formula is C33H43NO6. The van der Waals surface area contributed by atoms with Crippen molar-refractivity contribution in [2.45, 2.75) is 97.3 Å². The molecule has 0 radical (unpaired) electrons. The van der Waals surface area contributed by atoms with Crippen LogP contribution >= 0.6 is 0 Å². The number of ether oxygens (including phenoxy) is 2. The summed E-state index contributed by atoms with van der Waals surface area (Å²) in [5.41, 5.74) is -0.0404. The van der Waals surface area contributed by atoms with Crippen LogP contribution in [-0.2, 0) is 4.79 Å². The Hall–Kier alpha value is -3.61. The molecule has 0 amide bonds. The number of rotatable bonds is 18. The Kier molecular flexibility index (Phi) is 13.3. The topological polar surface area (TPSA) is 98.3 Å². The highest BCUT2D eigenvalue weighted by atomic mass is 16.5. The van der Waals surface area contributed by atoms with Gasteiger partial charge in [-0.05, 0) is 49.2 Å². The van der Waals surface area contributed by atoms with E-state index in [2.05, 4.69) is 18.8 Å². The monoisotopic (exact) mass is 549 g/mol. The van der Waals surface area contributed by atoms with Crippen LogP contribution in [0.3, 0.4) is 0 Å². The van der Waals surface area contributed by atoms with Gasteiger partial charge in [-0.1, -0.05) is 78.1 Å². The first kappa shape index (κ1) is 30.9. The number of carbonyl (C=O) groups is 1. The van der Waals surface area contributed by atoms with Crippen molar-refractivity contribution in [3.05, 3.63) is 58.4 Å². The number of carbonyl (C=O) groups excluding carboxylic acids is 1. The Labute approximate surface area is 237 Å². The maximum absolute atomic E-state index is 12.6. The predicted molar refractivity (Wildman–Crippen MR) is 160 cm³/mol. The molecule has 7 nitrogen and oxygen atoms in total. The first-order chi connectivity index (χ1) is 19.5. The fourth-order valence-corrected chi connectivity index (χ4v) is 4.43. The SMILES string of the molecule is CCCCCCCCCC(=O)Oc1ccc2c(O)c(C=Nc3ccc(OCCCCCCC)cc3)c(=O)oc2c1. The summed E-state index contributed by atoms with van der Waals surface area (Å²) in [6, 6.07) is 11.8. The molecule has 0 bridgehead atoms. The van der Waals surface area contributed by atoms with E-state index >= 15 is 0 Å². The van der Waals surface area contributed by atoms with E-state index in [9.17, 15) is 14.7 Å². The summed E-state index contributed by atoms with van der Waals surface area (Å²) in [5, 5.41) is 11.1. The fourth-order valence-electron chi connectivity index (χ4n) is 4.43. The van der Waals surface area contributed by atoms with Crippen molar-refractivity contribution in [2.24, 2.45) is 4.99 Å². The van der Waals surface area contributed by atoms with Crippen LogP contribution in [0.4, 0.5) is 5.69 Å². The fraction of sp³-hybridized carbons (Fsp3) is 0.485. The van der Waals surface area contributed by atoms with Gasteiger partial charge in [-0.2, -0.15) is 0 Å². The molecule has 3 rings (SSSR count). The van der Waals surface area contributed by atoms with E-state index in [1.54, 1.807) is 24.3 Å². The molecule has 0 spiro atoms. The second-order valence-corrected chi connectivity index (χ2v) is 10.2. The molecule has 40 heavy (non-hydrogen) atoms. The molecule has 0 unspecified atom stereocenters. The number of esters is 1. The number of nitrogens with zero attached hydrogens (tertiary/aromatic N) is 1. The number of aromatic hydroxyl groups is 1. The van der Waals surface area contributed by atoms with Crippen molar-refractivity contribution in [1.82, 2.24) is 0 Å². The van der Waals surface area contributed by atoms with Gasteiger partial charge in [-0.25, -0.2) is 4.79 Å². The highest BCUT2D eigenvalue weighted by Gasteiger charge is 2.14. The summed E-state index contributed by atoms with van der Waals surface area (Å²) in [4.78, 5) is 29.1. The Morgan fingerprint density at radius 1 is 0.850 bits per heavy atom. The van der Waals surface area contributed by atoms with Crippen LogP contribution in [0.25, 0.3) is 11.0 Å². The van der Waals surface area contributed by atoms with Gasteiger partial charge in [-0.3, -0.25) is 9.79 Å². The quantitative estimate of drug-likeness (QED) is 0.0560. The molecule has 0 fully saturated rings. The van der Waals surface area contributed by atoms with Crippen LogP contribution < -0.4 is 15.1 Å². The maximum atomic E-state index is 12.6. The lowest BCUT2D eigenvalue weighted by Crippen LogP contribution is -2.09. The third kappa shape index (κ3) is 10.2. The maximum Gasteiger partial charge on any atom is 0.348 e. The highest BCUT2D eigenvalue weighted by molar-refractivity contribution is 5.94. The standard InChI is InChI=1S/C33H43NO6/c1-3-5-7-9-10-11-13-15-31(35)39-27-20-21-28-30(23-27)40-33(37)29(32(28)36)24-34-25-16-18-26(19-17-25)38-22-14-12-8-6-4-2/h16-21,23-24,36H,3-15,22H2,1-2H3. The van der Waals surface area contributed by atoms with E-state index in [0.29, 0.717) is 24.1 Å². The van der Waals surface area contributed by atoms with Gasteiger partial charge in [0, 0.05) is 18.7 Å². The summed E-state index contributed by atoms with van der Waals surface area (Å²) >= 11 is 0. The molecule has 1 heterocycles. The molecule has 0 saturated heterocycles. The summed E-state index contributed by atoms with van der Waals surface area (Å²) in [6.45, 7) is 5.07. The second kappa shape index (κ2) is 17.2. The summed E-state index contributed by atoms with van der Waals surface area (Å²) in [5.74, 6) is 0.472. The van der Waals surface area contributed by atoms with Crippen molar-refractivity contribution in [3.8, 4) is 17.2 Å². The van der Waals surface area contributed by atoms with Gasteiger partial charge in [0.25, 0.3) is 0 Å². The number of fused-ring (bicyclic) bond motifs is 1. The molecule has 216 valence electrons. The van der Waals surface area contributed by atoms with Gasteiger partial charge in [0.1, 0.15) is 28.4 Å². The zero-order chi connectivity index (χ0) is 28.6. The van der Waals surface area contributed by atoms with E-state index in [4.69, 9.17) is 13.9 Å². The van der Waals surface area contributed by atoms with Gasteiger partial charge >= 0.3 is 11.6 Å². The Morgan fingerprint density at radius 2 is 1.48 bits per heavy atom. The third-order valence-electron chi connectivity index (χ3n) is 6.80. The zero-order valence-electron chi connectivity index (χ0n) is 24.0. The van der Waals surface area contributed by atoms with Crippen LogP contribution in [-0.4, -0.2) is 23.9 Å². The average molecular weight is 550 g/mol. The van der Waals surface area contributed by atoms with Crippen molar-refractivity contribution in [3.63, 3.8) is 0 Å². The Bertz CT molecular complexity index is 1280. The van der Waals surface area contributed by atoms with E-state index in [1.807, 2.05) is 12.1 Å². The lowest BCUT2D eigenvalue weighted by Gasteiger charge is -2.07. The average Bonchev–Trinajstić information content (AvgIpc) is 2.95. The smallest absolute Gasteiger partial charge is 0.348 e. The van der Waals surface area contributed by atoms with E-state index in [1.165, 1.54) is 63.6 Å². The number of unbranched alkanes of at least 4 members (excludes halogenated alkanes) is 10. The largest absolute Gasteiger partial charge is 0.506 e. The minimum absolute atomic E-state index is 0.0522. The summed E-state index contributed by atoms with van der Waals surface area (Å²) in [6.07, 6.45) is 15.4. The molecule has 0 aliphatic carbocycles. The van der Waals surface area contributed by atoms with Gasteiger partial charge < -0.3 is 19.0 Å². The van der Waals surface area contributed by atoms with Crippen molar-refractivity contribution in [1.29, 1.82) is 0 Å². The van der Waals surface area contributed by atoms with Crippen molar-refractivity contribution >= 4 is 28.8 Å². The molecule has 0 aliphatic heterocycles. The third-order valence-corrected chi connectivity index (χ3v) is 6.80. The molecule has 2 aromatic carbocycles. The minimum atomic E-state index is -0.733. The van der Waals surface area contributed by atoms with Gasteiger partial charge in [0.15, 0.2) is 0 Å². The number of hydrogen-bond acceptors (Lipinski definition) is 7. The first-order valence-corrected chi connectivity index (χ1v) is 14.8. The molecule has 0 atom stereocenters. The highest BCUT2D eigenvalue weighted by Crippen LogP contribution is 2.29. The number of hydrogen-bond donors (Lipinski definition) is 1. The number of aliphatic imine (C=N–C) groups is 1.